The van der Waals surface area contributed by atoms with Crippen molar-refractivity contribution < 1.29 is 14.0 Å². The highest BCUT2D eigenvalue weighted by molar-refractivity contribution is 6.07. The Morgan fingerprint density at radius 1 is 1.28 bits per heavy atom. The second-order valence-corrected chi connectivity index (χ2v) is 4.41. The number of carbonyl (C=O) groups is 2. The number of ketones is 2. The fourth-order valence-electron chi connectivity index (χ4n) is 2.01. The Labute approximate surface area is 104 Å². The lowest BCUT2D eigenvalue weighted by atomic mass is 10.1. The lowest BCUT2D eigenvalue weighted by Crippen LogP contribution is -2.01. The van der Waals surface area contributed by atoms with Crippen LogP contribution >= 0.6 is 0 Å². The van der Waals surface area contributed by atoms with Gasteiger partial charge in [-0.15, -0.1) is 0 Å². The summed E-state index contributed by atoms with van der Waals surface area (Å²) in [6, 6.07) is 4.35. The van der Waals surface area contributed by atoms with Gasteiger partial charge in [-0.05, 0) is 32.0 Å². The number of aryl methyl sites for hydroxylation is 1. The molecule has 0 amide bonds. The van der Waals surface area contributed by atoms with Gasteiger partial charge >= 0.3 is 0 Å². The van der Waals surface area contributed by atoms with Crippen LogP contribution in [0.25, 0.3) is 10.9 Å². The molecule has 4 heteroatoms. The van der Waals surface area contributed by atoms with Gasteiger partial charge in [0.25, 0.3) is 0 Å². The maximum absolute atomic E-state index is 13.2. The van der Waals surface area contributed by atoms with Crippen molar-refractivity contribution in [3.8, 4) is 0 Å². The van der Waals surface area contributed by atoms with Gasteiger partial charge in [0, 0.05) is 35.6 Å². The fraction of sp³-hybridized carbons (Fsp3) is 0.286. The van der Waals surface area contributed by atoms with Crippen LogP contribution in [0.4, 0.5) is 4.39 Å². The summed E-state index contributed by atoms with van der Waals surface area (Å²) >= 11 is 0. The number of hydrogen-bond donors (Lipinski definition) is 0. The number of Topliss-reactive ketones (excluding diaryl/α,β-unsaturated/α-hetero) is 2. The smallest absolute Gasteiger partial charge is 0.161 e. The minimum absolute atomic E-state index is 0.0864. The molecule has 0 aliphatic carbocycles. The summed E-state index contributed by atoms with van der Waals surface area (Å²) in [6.07, 6.45) is 2.09. The van der Waals surface area contributed by atoms with Gasteiger partial charge < -0.3 is 4.57 Å². The zero-order valence-corrected chi connectivity index (χ0v) is 10.4. The standard InChI is InChI=1S/C14H14FNO2/c1-9(17)5-6-16-8-13(10(2)18)12-7-11(15)3-4-14(12)16/h3-4,7-8H,5-6H2,1-2H3. The van der Waals surface area contributed by atoms with E-state index >= 15 is 0 Å². The second kappa shape index (κ2) is 4.72. The molecule has 0 atom stereocenters. The Hall–Kier alpha value is -1.97. The molecule has 18 heavy (non-hydrogen) atoms. The maximum Gasteiger partial charge on any atom is 0.161 e. The molecule has 0 bridgehead atoms. The zero-order valence-electron chi connectivity index (χ0n) is 10.4. The van der Waals surface area contributed by atoms with E-state index in [-0.39, 0.29) is 17.4 Å². The molecule has 0 saturated carbocycles. The lowest BCUT2D eigenvalue weighted by Gasteiger charge is -2.02. The number of benzene rings is 1. The van der Waals surface area contributed by atoms with Crippen molar-refractivity contribution in [1.29, 1.82) is 0 Å². The molecule has 0 saturated heterocycles. The minimum Gasteiger partial charge on any atom is -0.346 e. The number of aromatic nitrogens is 1. The molecular weight excluding hydrogens is 233 g/mol. The van der Waals surface area contributed by atoms with E-state index in [4.69, 9.17) is 0 Å². The SMILES string of the molecule is CC(=O)CCn1cc(C(C)=O)c2cc(F)ccc21. The van der Waals surface area contributed by atoms with Gasteiger partial charge in [-0.3, -0.25) is 9.59 Å². The van der Waals surface area contributed by atoms with Gasteiger partial charge in [0.15, 0.2) is 5.78 Å². The Balaban J connectivity index is 2.54. The normalized spacial score (nSPS) is 10.8. The predicted molar refractivity (Wildman–Crippen MR) is 67.2 cm³/mol. The van der Waals surface area contributed by atoms with Crippen LogP contribution in [0.3, 0.4) is 0 Å². The van der Waals surface area contributed by atoms with Crippen molar-refractivity contribution >= 4 is 22.5 Å². The molecule has 0 N–H and O–H groups in total. The summed E-state index contributed by atoms with van der Waals surface area (Å²) in [7, 11) is 0. The number of rotatable bonds is 4. The molecule has 1 aromatic heterocycles. The van der Waals surface area contributed by atoms with Crippen molar-refractivity contribution in [2.45, 2.75) is 26.8 Å². The third-order valence-corrected chi connectivity index (χ3v) is 2.93. The summed E-state index contributed by atoms with van der Waals surface area (Å²) in [5.41, 5.74) is 1.27. The first kappa shape index (κ1) is 12.5. The highest BCUT2D eigenvalue weighted by Crippen LogP contribution is 2.23. The summed E-state index contributed by atoms with van der Waals surface area (Å²) < 4.78 is 15.1. The lowest BCUT2D eigenvalue weighted by molar-refractivity contribution is -0.117. The number of hydrogen-bond acceptors (Lipinski definition) is 2. The molecule has 94 valence electrons. The maximum atomic E-state index is 13.2. The second-order valence-electron chi connectivity index (χ2n) is 4.41. The van der Waals surface area contributed by atoms with E-state index in [0.717, 1.165) is 5.52 Å². The largest absolute Gasteiger partial charge is 0.346 e. The van der Waals surface area contributed by atoms with Crippen LogP contribution in [-0.4, -0.2) is 16.1 Å². The molecule has 1 heterocycles. The van der Waals surface area contributed by atoms with E-state index in [1.807, 2.05) is 4.57 Å². The van der Waals surface area contributed by atoms with E-state index < -0.39 is 0 Å². The quantitative estimate of drug-likeness (QED) is 0.779. The summed E-state index contributed by atoms with van der Waals surface area (Å²) in [6.45, 7) is 3.48. The van der Waals surface area contributed by atoms with Crippen LogP contribution in [0.15, 0.2) is 24.4 Å². The molecule has 1 aromatic carbocycles. The van der Waals surface area contributed by atoms with E-state index in [1.165, 1.54) is 26.0 Å². The number of carbonyl (C=O) groups excluding carboxylic acids is 2. The van der Waals surface area contributed by atoms with Crippen LogP contribution in [0.5, 0.6) is 0 Å². The van der Waals surface area contributed by atoms with Crippen molar-refractivity contribution in [2.75, 3.05) is 0 Å². The number of fused-ring (bicyclic) bond motifs is 1. The van der Waals surface area contributed by atoms with Crippen LogP contribution in [0.1, 0.15) is 30.6 Å². The summed E-state index contributed by atoms with van der Waals surface area (Å²) in [4.78, 5) is 22.5. The Kier molecular flexibility index (Phi) is 3.28. The Morgan fingerprint density at radius 2 is 2.00 bits per heavy atom. The minimum atomic E-state index is -0.366. The molecule has 2 rings (SSSR count). The molecular formula is C14H14FNO2. The van der Waals surface area contributed by atoms with Crippen LogP contribution in [-0.2, 0) is 11.3 Å². The third kappa shape index (κ3) is 2.32. The topological polar surface area (TPSA) is 39.1 Å². The van der Waals surface area contributed by atoms with Gasteiger partial charge in [0.2, 0.25) is 0 Å². The molecule has 0 fully saturated rings. The number of nitrogens with zero attached hydrogens (tertiary/aromatic N) is 1. The third-order valence-electron chi connectivity index (χ3n) is 2.93. The molecule has 0 aliphatic rings. The van der Waals surface area contributed by atoms with Crippen LogP contribution < -0.4 is 0 Å². The van der Waals surface area contributed by atoms with Gasteiger partial charge in [0.05, 0.1) is 0 Å². The highest BCUT2D eigenvalue weighted by atomic mass is 19.1. The van der Waals surface area contributed by atoms with Crippen LogP contribution in [0, 0.1) is 5.82 Å². The molecule has 2 aromatic rings. The van der Waals surface area contributed by atoms with E-state index in [2.05, 4.69) is 0 Å². The van der Waals surface area contributed by atoms with E-state index in [0.29, 0.717) is 23.9 Å². The molecule has 0 spiro atoms. The predicted octanol–water partition coefficient (Wildman–Crippen LogP) is 2.96. The monoisotopic (exact) mass is 247 g/mol. The van der Waals surface area contributed by atoms with Crippen molar-refractivity contribution in [3.05, 3.63) is 35.8 Å². The zero-order chi connectivity index (χ0) is 13.3. The van der Waals surface area contributed by atoms with Crippen molar-refractivity contribution in [1.82, 2.24) is 4.57 Å². The van der Waals surface area contributed by atoms with Gasteiger partial charge in [-0.25, -0.2) is 4.39 Å². The summed E-state index contributed by atoms with van der Waals surface area (Å²) in [5.74, 6) is -0.384. The molecule has 0 aliphatic heterocycles. The molecule has 0 unspecified atom stereocenters. The van der Waals surface area contributed by atoms with Crippen molar-refractivity contribution in [3.63, 3.8) is 0 Å². The molecule has 0 radical (unpaired) electrons. The van der Waals surface area contributed by atoms with E-state index in [1.54, 1.807) is 12.3 Å². The van der Waals surface area contributed by atoms with Gasteiger partial charge in [0.1, 0.15) is 11.6 Å². The summed E-state index contributed by atoms with van der Waals surface area (Å²) in [5, 5.41) is 0.603. The first-order chi connectivity index (χ1) is 8.49. The number of halogens is 1. The van der Waals surface area contributed by atoms with Crippen molar-refractivity contribution in [2.24, 2.45) is 0 Å². The van der Waals surface area contributed by atoms with E-state index in [9.17, 15) is 14.0 Å². The molecule has 3 nitrogen and oxygen atoms in total. The van der Waals surface area contributed by atoms with Crippen LogP contribution in [0.2, 0.25) is 0 Å². The highest BCUT2D eigenvalue weighted by Gasteiger charge is 2.12. The average Bonchev–Trinajstić information content (AvgIpc) is 2.64. The first-order valence-corrected chi connectivity index (χ1v) is 5.78. The first-order valence-electron chi connectivity index (χ1n) is 5.78. The Bertz CT molecular complexity index is 628. The average molecular weight is 247 g/mol. The Morgan fingerprint density at radius 3 is 2.61 bits per heavy atom. The fourth-order valence-corrected chi connectivity index (χ4v) is 2.01. The van der Waals surface area contributed by atoms with Gasteiger partial charge in [-0.2, -0.15) is 0 Å². The van der Waals surface area contributed by atoms with Gasteiger partial charge in [-0.1, -0.05) is 0 Å².